The van der Waals surface area contributed by atoms with E-state index in [1.807, 2.05) is 23.1 Å². The van der Waals surface area contributed by atoms with Crippen LogP contribution in [0.15, 0.2) is 41.1 Å². The highest BCUT2D eigenvalue weighted by atomic mass is 16.4. The molecule has 0 spiro atoms. The van der Waals surface area contributed by atoms with Crippen molar-refractivity contribution in [3.63, 3.8) is 0 Å². The summed E-state index contributed by atoms with van der Waals surface area (Å²) in [6.07, 6.45) is 5.65. The number of hydrogen-bond acceptors (Lipinski definition) is 4. The smallest absolute Gasteiger partial charge is 0.309 e. The predicted octanol–water partition coefficient (Wildman–Crippen LogP) is 3.84. The van der Waals surface area contributed by atoms with Gasteiger partial charge in [-0.1, -0.05) is 0 Å². The second kappa shape index (κ2) is 7.97. The quantitative estimate of drug-likeness (QED) is 0.640. The molecule has 4 rings (SSSR count). The molecule has 3 aromatic rings. The highest BCUT2D eigenvalue weighted by Crippen LogP contribution is 2.31. The summed E-state index contributed by atoms with van der Waals surface area (Å²) in [6.45, 7) is 5.18. The third-order valence-electron chi connectivity index (χ3n) is 6.03. The number of nitrogens with zero attached hydrogens (tertiary/aromatic N) is 3. The summed E-state index contributed by atoms with van der Waals surface area (Å²) >= 11 is 0. The number of aliphatic carboxylic acids is 1. The van der Waals surface area contributed by atoms with Gasteiger partial charge in [0, 0.05) is 30.2 Å². The van der Waals surface area contributed by atoms with Crippen LogP contribution in [-0.2, 0) is 29.1 Å². The van der Waals surface area contributed by atoms with E-state index in [1.165, 1.54) is 5.56 Å². The third kappa shape index (κ3) is 3.84. The van der Waals surface area contributed by atoms with Crippen molar-refractivity contribution in [2.75, 3.05) is 6.54 Å². The standard InChI is InChI=1S/C23H27N3O4/c1-23(2,22(28)29)10-3-8-20(27)25-12-9-17-18-7-4-11-24-21(18)26(19(17)15-25)14-16-6-5-13-30-16/h4-7,11,13H,3,8-10,12,14-15H2,1-2H3,(H,28,29). The van der Waals surface area contributed by atoms with Gasteiger partial charge in [-0.05, 0) is 62.9 Å². The van der Waals surface area contributed by atoms with E-state index in [0.29, 0.717) is 38.9 Å². The molecule has 1 amide bonds. The number of aromatic nitrogens is 2. The van der Waals surface area contributed by atoms with E-state index in [4.69, 9.17) is 4.42 Å². The van der Waals surface area contributed by atoms with Gasteiger partial charge in [0.2, 0.25) is 5.91 Å². The monoisotopic (exact) mass is 409 g/mol. The van der Waals surface area contributed by atoms with Gasteiger partial charge in [-0.2, -0.15) is 0 Å². The largest absolute Gasteiger partial charge is 0.481 e. The number of rotatable bonds is 7. The Morgan fingerprint density at radius 1 is 1.27 bits per heavy atom. The van der Waals surface area contributed by atoms with Crippen LogP contribution in [0.25, 0.3) is 11.0 Å². The predicted molar refractivity (Wildman–Crippen MR) is 112 cm³/mol. The van der Waals surface area contributed by atoms with Crippen LogP contribution in [0, 0.1) is 5.41 Å². The molecule has 7 heteroatoms. The second-order valence-electron chi connectivity index (χ2n) is 8.57. The second-order valence-corrected chi connectivity index (χ2v) is 8.57. The molecule has 0 aromatic carbocycles. The molecule has 0 bridgehead atoms. The topological polar surface area (TPSA) is 88.6 Å². The first-order chi connectivity index (χ1) is 14.4. The maximum absolute atomic E-state index is 12.8. The number of carboxylic acids is 1. The molecule has 30 heavy (non-hydrogen) atoms. The fourth-order valence-electron chi connectivity index (χ4n) is 4.15. The number of amides is 1. The first kappa shape index (κ1) is 20.2. The molecule has 4 heterocycles. The maximum atomic E-state index is 12.8. The van der Waals surface area contributed by atoms with Crippen LogP contribution in [0.3, 0.4) is 0 Å². The van der Waals surface area contributed by atoms with E-state index >= 15 is 0 Å². The number of carbonyl (C=O) groups is 2. The summed E-state index contributed by atoms with van der Waals surface area (Å²) in [5.41, 5.74) is 2.46. The Kier molecular flexibility index (Phi) is 5.37. The molecule has 1 N–H and O–H groups in total. The summed E-state index contributed by atoms with van der Waals surface area (Å²) in [5.74, 6) is 0.0943. The molecule has 3 aromatic heterocycles. The van der Waals surface area contributed by atoms with Gasteiger partial charge in [-0.15, -0.1) is 0 Å². The Morgan fingerprint density at radius 2 is 2.10 bits per heavy atom. The molecule has 0 unspecified atom stereocenters. The lowest BCUT2D eigenvalue weighted by molar-refractivity contribution is -0.147. The van der Waals surface area contributed by atoms with E-state index in [1.54, 1.807) is 26.3 Å². The Labute approximate surface area is 175 Å². The Balaban J connectivity index is 1.53. The summed E-state index contributed by atoms with van der Waals surface area (Å²) < 4.78 is 7.70. The van der Waals surface area contributed by atoms with Crippen LogP contribution in [0.2, 0.25) is 0 Å². The van der Waals surface area contributed by atoms with Crippen LogP contribution in [0.1, 0.15) is 50.1 Å². The first-order valence-electron chi connectivity index (χ1n) is 10.4. The van der Waals surface area contributed by atoms with E-state index in [2.05, 4.69) is 15.6 Å². The molecule has 158 valence electrons. The highest BCUT2D eigenvalue weighted by molar-refractivity contribution is 5.84. The summed E-state index contributed by atoms with van der Waals surface area (Å²) in [6, 6.07) is 7.85. The zero-order valence-corrected chi connectivity index (χ0v) is 17.4. The lowest BCUT2D eigenvalue weighted by atomic mass is 9.87. The molecule has 1 aliphatic heterocycles. The summed E-state index contributed by atoms with van der Waals surface area (Å²) in [4.78, 5) is 30.6. The SMILES string of the molecule is CC(C)(CCCC(=O)N1CCc2c(n(Cc3ccco3)c3ncccc23)C1)C(=O)O. The van der Waals surface area contributed by atoms with Crippen molar-refractivity contribution >= 4 is 22.9 Å². The van der Waals surface area contributed by atoms with Crippen molar-refractivity contribution in [1.82, 2.24) is 14.5 Å². The lowest BCUT2D eigenvalue weighted by Gasteiger charge is -2.29. The van der Waals surface area contributed by atoms with Crippen LogP contribution >= 0.6 is 0 Å². The number of fused-ring (bicyclic) bond motifs is 3. The molecular weight excluding hydrogens is 382 g/mol. The highest BCUT2D eigenvalue weighted by Gasteiger charge is 2.29. The van der Waals surface area contributed by atoms with Gasteiger partial charge in [-0.25, -0.2) is 4.98 Å². The summed E-state index contributed by atoms with van der Waals surface area (Å²) in [7, 11) is 0. The average Bonchev–Trinajstić information content (AvgIpc) is 3.34. The fraction of sp³-hybridized carbons (Fsp3) is 0.435. The van der Waals surface area contributed by atoms with Crippen LogP contribution in [0.4, 0.5) is 0 Å². The molecule has 0 atom stereocenters. The van der Waals surface area contributed by atoms with Crippen molar-refractivity contribution in [2.45, 2.75) is 52.6 Å². The zero-order valence-electron chi connectivity index (χ0n) is 17.4. The van der Waals surface area contributed by atoms with Crippen LogP contribution < -0.4 is 0 Å². The molecule has 0 saturated heterocycles. The van der Waals surface area contributed by atoms with Gasteiger partial charge < -0.3 is 19.0 Å². The van der Waals surface area contributed by atoms with E-state index in [0.717, 1.165) is 28.9 Å². The minimum Gasteiger partial charge on any atom is -0.481 e. The Hall–Kier alpha value is -3.09. The molecule has 0 aliphatic carbocycles. The number of carbonyl (C=O) groups excluding carboxylic acids is 1. The minimum atomic E-state index is -0.826. The normalized spacial score (nSPS) is 14.1. The van der Waals surface area contributed by atoms with Crippen molar-refractivity contribution in [3.8, 4) is 0 Å². The van der Waals surface area contributed by atoms with Crippen LogP contribution in [-0.4, -0.2) is 38.0 Å². The average molecular weight is 409 g/mol. The van der Waals surface area contributed by atoms with Gasteiger partial charge in [0.15, 0.2) is 0 Å². The van der Waals surface area contributed by atoms with E-state index in [9.17, 15) is 14.7 Å². The number of furan rings is 1. The molecular formula is C23H27N3O4. The molecule has 0 fully saturated rings. The van der Waals surface area contributed by atoms with Gasteiger partial charge in [-0.3, -0.25) is 9.59 Å². The van der Waals surface area contributed by atoms with Gasteiger partial charge in [0.05, 0.1) is 24.8 Å². The van der Waals surface area contributed by atoms with Crippen molar-refractivity contribution < 1.29 is 19.1 Å². The molecule has 1 aliphatic rings. The van der Waals surface area contributed by atoms with Gasteiger partial charge in [0.1, 0.15) is 11.4 Å². The molecule has 7 nitrogen and oxygen atoms in total. The maximum Gasteiger partial charge on any atom is 0.309 e. The third-order valence-corrected chi connectivity index (χ3v) is 6.03. The van der Waals surface area contributed by atoms with Crippen molar-refractivity contribution in [1.29, 1.82) is 0 Å². The van der Waals surface area contributed by atoms with Crippen molar-refractivity contribution in [3.05, 3.63) is 53.7 Å². The number of pyridine rings is 1. The fourth-order valence-corrected chi connectivity index (χ4v) is 4.15. The lowest BCUT2D eigenvalue weighted by Crippen LogP contribution is -2.36. The molecule has 0 radical (unpaired) electrons. The first-order valence-corrected chi connectivity index (χ1v) is 10.4. The van der Waals surface area contributed by atoms with Gasteiger partial charge in [0.25, 0.3) is 0 Å². The Morgan fingerprint density at radius 3 is 2.83 bits per heavy atom. The number of hydrogen-bond donors (Lipinski definition) is 1. The van der Waals surface area contributed by atoms with Gasteiger partial charge >= 0.3 is 5.97 Å². The van der Waals surface area contributed by atoms with Crippen LogP contribution in [0.5, 0.6) is 0 Å². The summed E-state index contributed by atoms with van der Waals surface area (Å²) in [5, 5.41) is 10.4. The number of carboxylic acid groups (broad SMARTS) is 1. The Bertz CT molecular complexity index is 1070. The minimum absolute atomic E-state index is 0.0737. The van der Waals surface area contributed by atoms with Crippen molar-refractivity contribution in [2.24, 2.45) is 5.41 Å². The zero-order chi connectivity index (χ0) is 21.3. The molecule has 0 saturated carbocycles. The van der Waals surface area contributed by atoms with E-state index < -0.39 is 11.4 Å². The van der Waals surface area contributed by atoms with E-state index in [-0.39, 0.29) is 5.91 Å².